The number of carbonyl (C=O) groups is 2. The number of fused-ring (bicyclic) bond motifs is 1. The lowest BCUT2D eigenvalue weighted by Crippen LogP contribution is -2.45. The molecular formula is C23H25N3O3. The predicted octanol–water partition coefficient (Wildman–Crippen LogP) is 3.23. The van der Waals surface area contributed by atoms with Crippen LogP contribution in [0.1, 0.15) is 24.0 Å². The van der Waals surface area contributed by atoms with Gasteiger partial charge in [0, 0.05) is 48.7 Å². The van der Waals surface area contributed by atoms with Crippen LogP contribution in [0.4, 0.5) is 0 Å². The van der Waals surface area contributed by atoms with Crippen molar-refractivity contribution in [3.05, 3.63) is 65.9 Å². The predicted molar refractivity (Wildman–Crippen MR) is 111 cm³/mol. The Morgan fingerprint density at radius 1 is 1.17 bits per heavy atom. The Labute approximate surface area is 169 Å². The maximum atomic E-state index is 12.8. The average Bonchev–Trinajstić information content (AvgIpc) is 3.23. The first-order valence-electron chi connectivity index (χ1n) is 9.88. The van der Waals surface area contributed by atoms with Gasteiger partial charge in [-0.05, 0) is 30.2 Å². The number of methoxy groups -OCH3 is 1. The number of para-hydroxylation sites is 1. The number of hydrogen-bond donors (Lipinski definition) is 2. The molecule has 0 saturated carbocycles. The van der Waals surface area contributed by atoms with E-state index in [9.17, 15) is 9.59 Å². The van der Waals surface area contributed by atoms with Crippen molar-refractivity contribution >= 4 is 22.7 Å². The first kappa shape index (κ1) is 19.1. The molecule has 0 aliphatic carbocycles. The van der Waals surface area contributed by atoms with Gasteiger partial charge in [0.05, 0.1) is 13.0 Å². The topological polar surface area (TPSA) is 74.4 Å². The molecule has 0 spiro atoms. The van der Waals surface area contributed by atoms with Crippen LogP contribution in [0.25, 0.3) is 10.9 Å². The SMILES string of the molecule is COc1ccccc1CN1CC(C(=O)NCc2cccc3[nH]ccc23)CCC1=O. The summed E-state index contributed by atoms with van der Waals surface area (Å²) in [5, 5.41) is 4.17. The van der Waals surface area contributed by atoms with Gasteiger partial charge in [-0.15, -0.1) is 0 Å². The van der Waals surface area contributed by atoms with Gasteiger partial charge in [-0.3, -0.25) is 9.59 Å². The molecule has 1 atom stereocenters. The number of rotatable bonds is 6. The monoisotopic (exact) mass is 391 g/mol. The highest BCUT2D eigenvalue weighted by atomic mass is 16.5. The third kappa shape index (κ3) is 4.11. The summed E-state index contributed by atoms with van der Waals surface area (Å²) in [6, 6.07) is 15.7. The van der Waals surface area contributed by atoms with Gasteiger partial charge in [-0.25, -0.2) is 0 Å². The van der Waals surface area contributed by atoms with Crippen molar-refractivity contribution in [2.45, 2.75) is 25.9 Å². The molecule has 2 N–H and O–H groups in total. The lowest BCUT2D eigenvalue weighted by Gasteiger charge is -2.32. The summed E-state index contributed by atoms with van der Waals surface area (Å²) in [6.45, 7) is 1.36. The highest BCUT2D eigenvalue weighted by Gasteiger charge is 2.30. The smallest absolute Gasteiger partial charge is 0.225 e. The third-order valence-corrected chi connectivity index (χ3v) is 5.56. The summed E-state index contributed by atoms with van der Waals surface area (Å²) in [5.74, 6) is 0.631. The third-order valence-electron chi connectivity index (χ3n) is 5.56. The highest BCUT2D eigenvalue weighted by molar-refractivity contribution is 5.85. The van der Waals surface area contributed by atoms with E-state index in [0.29, 0.717) is 32.5 Å². The molecular weight excluding hydrogens is 366 g/mol. The molecule has 1 aliphatic rings. The number of piperidine rings is 1. The fourth-order valence-electron chi connectivity index (χ4n) is 3.95. The van der Waals surface area contributed by atoms with Crippen LogP contribution in [0.2, 0.25) is 0 Å². The minimum atomic E-state index is -0.201. The zero-order chi connectivity index (χ0) is 20.2. The van der Waals surface area contributed by atoms with Crippen LogP contribution in [0.3, 0.4) is 0 Å². The van der Waals surface area contributed by atoms with E-state index in [4.69, 9.17) is 4.74 Å². The molecule has 29 heavy (non-hydrogen) atoms. The first-order valence-corrected chi connectivity index (χ1v) is 9.88. The number of nitrogens with one attached hydrogen (secondary N) is 2. The number of amides is 2. The average molecular weight is 391 g/mol. The van der Waals surface area contributed by atoms with Crippen LogP contribution in [0.15, 0.2) is 54.7 Å². The number of ether oxygens (including phenoxy) is 1. The first-order chi connectivity index (χ1) is 14.2. The van der Waals surface area contributed by atoms with E-state index < -0.39 is 0 Å². The minimum absolute atomic E-state index is 0.00457. The molecule has 4 rings (SSSR count). The van der Waals surface area contributed by atoms with E-state index in [1.807, 2.05) is 54.7 Å². The van der Waals surface area contributed by atoms with E-state index in [-0.39, 0.29) is 17.7 Å². The van der Waals surface area contributed by atoms with E-state index in [2.05, 4.69) is 10.3 Å². The molecule has 0 bridgehead atoms. The van der Waals surface area contributed by atoms with Gasteiger partial charge in [0.1, 0.15) is 5.75 Å². The van der Waals surface area contributed by atoms with Gasteiger partial charge in [-0.2, -0.15) is 0 Å². The van der Waals surface area contributed by atoms with Crippen molar-refractivity contribution in [3.8, 4) is 5.75 Å². The Morgan fingerprint density at radius 3 is 2.86 bits per heavy atom. The molecule has 150 valence electrons. The van der Waals surface area contributed by atoms with Crippen LogP contribution < -0.4 is 10.1 Å². The lowest BCUT2D eigenvalue weighted by molar-refractivity contribution is -0.139. The number of hydrogen-bond acceptors (Lipinski definition) is 3. The normalized spacial score (nSPS) is 16.8. The molecule has 0 radical (unpaired) electrons. The second kappa shape index (κ2) is 8.39. The molecule has 3 aromatic rings. The second-order valence-corrected chi connectivity index (χ2v) is 7.40. The number of nitrogens with zero attached hydrogens (tertiary/aromatic N) is 1. The minimum Gasteiger partial charge on any atom is -0.496 e. The Kier molecular flexibility index (Phi) is 5.51. The van der Waals surface area contributed by atoms with Crippen LogP contribution >= 0.6 is 0 Å². The standard InChI is InChI=1S/C23H25N3O3/c1-29-21-8-3-2-5-17(21)14-26-15-18(9-10-22(26)27)23(28)25-13-16-6-4-7-20-19(16)11-12-24-20/h2-8,11-12,18,24H,9-10,13-15H2,1H3,(H,25,28). The number of carbonyl (C=O) groups excluding carboxylic acids is 2. The molecule has 2 aromatic carbocycles. The lowest BCUT2D eigenvalue weighted by atomic mass is 9.96. The molecule has 2 amide bonds. The second-order valence-electron chi connectivity index (χ2n) is 7.40. The molecule has 2 heterocycles. The van der Waals surface area contributed by atoms with E-state index in [1.54, 1.807) is 12.0 Å². The molecule has 6 heteroatoms. The van der Waals surface area contributed by atoms with Gasteiger partial charge in [0.15, 0.2) is 0 Å². The molecule has 1 unspecified atom stereocenters. The number of likely N-dealkylation sites (tertiary alicyclic amines) is 1. The molecule has 1 aliphatic heterocycles. The summed E-state index contributed by atoms with van der Waals surface area (Å²) in [6.07, 6.45) is 2.88. The number of H-pyrrole nitrogens is 1. The quantitative estimate of drug-likeness (QED) is 0.677. The van der Waals surface area contributed by atoms with Gasteiger partial charge >= 0.3 is 0 Å². The summed E-state index contributed by atoms with van der Waals surface area (Å²) in [4.78, 5) is 30.2. The van der Waals surface area contributed by atoms with Crippen LogP contribution in [0, 0.1) is 5.92 Å². The highest BCUT2D eigenvalue weighted by Crippen LogP contribution is 2.24. The zero-order valence-corrected chi connectivity index (χ0v) is 16.5. The molecule has 1 aromatic heterocycles. The summed E-state index contributed by atoms with van der Waals surface area (Å²) < 4.78 is 5.39. The number of aromatic amines is 1. The van der Waals surface area contributed by atoms with Gasteiger partial charge < -0.3 is 19.9 Å². The van der Waals surface area contributed by atoms with Crippen molar-refractivity contribution in [2.24, 2.45) is 5.92 Å². The van der Waals surface area contributed by atoms with Crippen molar-refractivity contribution in [2.75, 3.05) is 13.7 Å². The summed E-state index contributed by atoms with van der Waals surface area (Å²) >= 11 is 0. The van der Waals surface area contributed by atoms with Gasteiger partial charge in [-0.1, -0.05) is 30.3 Å². The van der Waals surface area contributed by atoms with Gasteiger partial charge in [0.25, 0.3) is 0 Å². The summed E-state index contributed by atoms with van der Waals surface area (Å²) in [5.41, 5.74) is 3.08. The Morgan fingerprint density at radius 2 is 2.00 bits per heavy atom. The maximum Gasteiger partial charge on any atom is 0.225 e. The summed E-state index contributed by atoms with van der Waals surface area (Å²) in [7, 11) is 1.62. The fraction of sp³-hybridized carbons (Fsp3) is 0.304. The van der Waals surface area contributed by atoms with Crippen molar-refractivity contribution in [1.82, 2.24) is 15.2 Å². The molecule has 1 fully saturated rings. The van der Waals surface area contributed by atoms with Crippen molar-refractivity contribution < 1.29 is 14.3 Å². The largest absolute Gasteiger partial charge is 0.496 e. The fourth-order valence-corrected chi connectivity index (χ4v) is 3.95. The van der Waals surface area contributed by atoms with Crippen molar-refractivity contribution in [3.63, 3.8) is 0 Å². The van der Waals surface area contributed by atoms with E-state index in [1.165, 1.54) is 0 Å². The Hall–Kier alpha value is -3.28. The van der Waals surface area contributed by atoms with Gasteiger partial charge in [0.2, 0.25) is 11.8 Å². The number of benzene rings is 2. The van der Waals surface area contributed by atoms with Crippen molar-refractivity contribution in [1.29, 1.82) is 0 Å². The maximum absolute atomic E-state index is 12.8. The van der Waals surface area contributed by atoms with Crippen LogP contribution in [-0.2, 0) is 22.7 Å². The van der Waals surface area contributed by atoms with E-state index >= 15 is 0 Å². The Balaban J connectivity index is 1.40. The van der Waals surface area contributed by atoms with Crippen LogP contribution in [0.5, 0.6) is 5.75 Å². The molecule has 6 nitrogen and oxygen atoms in total. The van der Waals surface area contributed by atoms with Crippen LogP contribution in [-0.4, -0.2) is 35.4 Å². The Bertz CT molecular complexity index is 1030. The number of aromatic nitrogens is 1. The zero-order valence-electron chi connectivity index (χ0n) is 16.5. The van der Waals surface area contributed by atoms with E-state index in [0.717, 1.165) is 27.8 Å². The molecule has 1 saturated heterocycles.